The summed E-state index contributed by atoms with van der Waals surface area (Å²) in [6.45, 7) is -0.542. The molecule has 0 saturated heterocycles. The van der Waals surface area contributed by atoms with E-state index in [9.17, 15) is 26.7 Å². The Kier molecular flexibility index (Phi) is 6.84. The molecule has 1 aliphatic rings. The highest BCUT2D eigenvalue weighted by molar-refractivity contribution is 5.95. The van der Waals surface area contributed by atoms with E-state index in [1.807, 2.05) is 0 Å². The lowest BCUT2D eigenvalue weighted by Crippen LogP contribution is -2.31. The van der Waals surface area contributed by atoms with Gasteiger partial charge < -0.3 is 10.6 Å². The second-order valence-electron chi connectivity index (χ2n) is 7.22. The molecule has 10 heteroatoms. The van der Waals surface area contributed by atoms with Crippen molar-refractivity contribution in [2.24, 2.45) is 5.92 Å². The first-order valence-electron chi connectivity index (χ1n) is 9.61. The molecule has 0 spiro atoms. The molecule has 1 amide bonds. The zero-order valence-electron chi connectivity index (χ0n) is 16.0. The highest BCUT2D eigenvalue weighted by atomic mass is 19.4. The van der Waals surface area contributed by atoms with Gasteiger partial charge in [0.2, 0.25) is 5.95 Å². The predicted octanol–water partition coefficient (Wildman–Crippen LogP) is 5.16. The molecule has 1 fully saturated rings. The number of amides is 1. The van der Waals surface area contributed by atoms with Crippen LogP contribution in [0.2, 0.25) is 0 Å². The molecule has 1 aliphatic carbocycles. The Labute approximate surface area is 170 Å². The lowest BCUT2D eigenvalue weighted by molar-refractivity contribution is -0.139. The molecule has 2 N–H and O–H groups in total. The van der Waals surface area contributed by atoms with Gasteiger partial charge >= 0.3 is 6.18 Å². The number of hydrogen-bond donors (Lipinski definition) is 2. The number of hydrogen-bond acceptors (Lipinski definition) is 4. The lowest BCUT2D eigenvalue weighted by Gasteiger charge is -2.21. The van der Waals surface area contributed by atoms with Crippen molar-refractivity contribution in [1.82, 2.24) is 15.3 Å². The lowest BCUT2D eigenvalue weighted by atomic mass is 9.89. The van der Waals surface area contributed by atoms with E-state index in [0.29, 0.717) is 24.6 Å². The molecule has 0 atom stereocenters. The van der Waals surface area contributed by atoms with Gasteiger partial charge in [0.1, 0.15) is 12.5 Å². The standard InChI is InChI=1S/C20H21F5N4O/c21-9-17-14(18(30)26-10-12-4-2-1-3-5-12)11-27-19(29-17)28-13-6-7-15(16(22)8-13)20(23,24)25/h6-8,11-12H,1-5,9-10H2,(H,26,30)(H,27,28,29). The summed E-state index contributed by atoms with van der Waals surface area (Å²) in [7, 11) is 0. The highest BCUT2D eigenvalue weighted by Crippen LogP contribution is 2.32. The third-order valence-corrected chi connectivity index (χ3v) is 5.05. The first-order valence-corrected chi connectivity index (χ1v) is 9.61. The summed E-state index contributed by atoms with van der Waals surface area (Å²) < 4.78 is 65.0. The highest BCUT2D eigenvalue weighted by Gasteiger charge is 2.34. The van der Waals surface area contributed by atoms with Crippen molar-refractivity contribution in [3.05, 3.63) is 47.0 Å². The maximum atomic E-state index is 13.7. The van der Waals surface area contributed by atoms with Crippen molar-refractivity contribution in [1.29, 1.82) is 0 Å². The van der Waals surface area contributed by atoms with Gasteiger partial charge in [0, 0.05) is 18.4 Å². The van der Waals surface area contributed by atoms with Crippen molar-refractivity contribution < 1.29 is 26.7 Å². The van der Waals surface area contributed by atoms with Crippen molar-refractivity contribution >= 4 is 17.5 Å². The average Bonchev–Trinajstić information content (AvgIpc) is 2.71. The van der Waals surface area contributed by atoms with Crippen LogP contribution >= 0.6 is 0 Å². The van der Waals surface area contributed by atoms with Gasteiger partial charge in [-0.3, -0.25) is 4.79 Å². The fourth-order valence-electron chi connectivity index (χ4n) is 3.44. The largest absolute Gasteiger partial charge is 0.419 e. The Balaban J connectivity index is 1.69. The van der Waals surface area contributed by atoms with Gasteiger partial charge in [-0.25, -0.2) is 18.7 Å². The van der Waals surface area contributed by atoms with E-state index >= 15 is 0 Å². The number of carbonyl (C=O) groups excluding carboxylic acids is 1. The molecule has 2 aromatic rings. The molecule has 3 rings (SSSR count). The van der Waals surface area contributed by atoms with Gasteiger partial charge in [0.15, 0.2) is 0 Å². The smallest absolute Gasteiger partial charge is 0.352 e. The third kappa shape index (κ3) is 5.43. The zero-order chi connectivity index (χ0) is 21.7. The van der Waals surface area contributed by atoms with Crippen molar-refractivity contribution in [3.63, 3.8) is 0 Å². The number of aromatic nitrogens is 2. The molecule has 0 bridgehead atoms. The summed E-state index contributed by atoms with van der Waals surface area (Å²) in [5.41, 5.74) is -1.62. The maximum Gasteiger partial charge on any atom is 0.419 e. The number of rotatable bonds is 6. The molecular weight excluding hydrogens is 407 g/mol. The summed E-state index contributed by atoms with van der Waals surface area (Å²) in [4.78, 5) is 20.2. The molecule has 0 aliphatic heterocycles. The number of halogens is 5. The number of benzene rings is 1. The van der Waals surface area contributed by atoms with Gasteiger partial charge in [-0.05, 0) is 37.0 Å². The van der Waals surface area contributed by atoms with Gasteiger partial charge in [0.05, 0.1) is 16.8 Å². The fraction of sp³-hybridized carbons (Fsp3) is 0.450. The zero-order valence-corrected chi connectivity index (χ0v) is 16.0. The second kappa shape index (κ2) is 9.36. The summed E-state index contributed by atoms with van der Waals surface area (Å²) in [5, 5.41) is 5.30. The Hall–Kier alpha value is -2.78. The van der Waals surface area contributed by atoms with Gasteiger partial charge in [0.25, 0.3) is 5.91 Å². The van der Waals surface area contributed by atoms with Crippen LogP contribution in [-0.2, 0) is 12.9 Å². The summed E-state index contributed by atoms with van der Waals surface area (Å²) >= 11 is 0. The van der Waals surface area contributed by atoms with Gasteiger partial charge in [-0.1, -0.05) is 19.3 Å². The predicted molar refractivity (Wildman–Crippen MR) is 100 cm³/mol. The van der Waals surface area contributed by atoms with E-state index in [1.54, 1.807) is 0 Å². The Morgan fingerprint density at radius 3 is 2.53 bits per heavy atom. The van der Waals surface area contributed by atoms with Crippen molar-refractivity contribution in [2.45, 2.75) is 45.0 Å². The third-order valence-electron chi connectivity index (χ3n) is 5.05. The van der Waals surface area contributed by atoms with E-state index in [-0.39, 0.29) is 22.9 Å². The molecule has 1 aromatic carbocycles. The fourth-order valence-corrected chi connectivity index (χ4v) is 3.44. The number of carbonyl (C=O) groups is 1. The minimum absolute atomic E-state index is 0.0162. The number of nitrogens with one attached hydrogen (secondary N) is 2. The first-order chi connectivity index (χ1) is 14.3. The Morgan fingerprint density at radius 1 is 1.17 bits per heavy atom. The van der Waals surface area contributed by atoms with Crippen molar-refractivity contribution in [3.8, 4) is 0 Å². The molecule has 1 saturated carbocycles. The molecular formula is C20H21F5N4O. The molecule has 1 aromatic heterocycles. The van der Waals surface area contributed by atoms with E-state index in [1.165, 1.54) is 6.42 Å². The van der Waals surface area contributed by atoms with Crippen LogP contribution in [0.5, 0.6) is 0 Å². The summed E-state index contributed by atoms with van der Waals surface area (Å²) in [5.74, 6) is -1.71. The van der Waals surface area contributed by atoms with Crippen LogP contribution < -0.4 is 10.6 Å². The van der Waals surface area contributed by atoms with Crippen LogP contribution in [0, 0.1) is 11.7 Å². The van der Waals surface area contributed by atoms with E-state index in [2.05, 4.69) is 20.6 Å². The van der Waals surface area contributed by atoms with Crippen LogP contribution in [0.3, 0.4) is 0 Å². The van der Waals surface area contributed by atoms with Gasteiger partial charge in [-0.2, -0.15) is 13.2 Å². The monoisotopic (exact) mass is 428 g/mol. The van der Waals surface area contributed by atoms with Crippen LogP contribution in [0.15, 0.2) is 24.4 Å². The summed E-state index contributed by atoms with van der Waals surface area (Å²) in [6, 6.07) is 2.24. The number of alkyl halides is 4. The average molecular weight is 428 g/mol. The van der Waals surface area contributed by atoms with E-state index in [0.717, 1.165) is 37.9 Å². The molecule has 0 radical (unpaired) electrons. The van der Waals surface area contributed by atoms with E-state index < -0.39 is 30.1 Å². The van der Waals surface area contributed by atoms with Gasteiger partial charge in [-0.15, -0.1) is 0 Å². The topological polar surface area (TPSA) is 66.9 Å². The SMILES string of the molecule is O=C(NCC1CCCCC1)c1cnc(Nc2ccc(C(F)(F)F)c(F)c2)nc1CF. The van der Waals surface area contributed by atoms with Crippen LogP contribution in [0.25, 0.3) is 0 Å². The molecule has 0 unspecified atom stereocenters. The number of anilines is 2. The van der Waals surface area contributed by atoms with Crippen LogP contribution in [0.4, 0.5) is 33.6 Å². The molecule has 162 valence electrons. The van der Waals surface area contributed by atoms with Crippen LogP contribution in [0.1, 0.15) is 53.7 Å². The molecule has 30 heavy (non-hydrogen) atoms. The Morgan fingerprint density at radius 2 is 1.90 bits per heavy atom. The second-order valence-corrected chi connectivity index (χ2v) is 7.22. The quantitative estimate of drug-likeness (QED) is 0.624. The normalized spacial score (nSPS) is 15.1. The minimum atomic E-state index is -4.81. The maximum absolute atomic E-state index is 13.7. The van der Waals surface area contributed by atoms with Crippen LogP contribution in [-0.4, -0.2) is 22.4 Å². The summed E-state index contributed by atoms with van der Waals surface area (Å²) in [6.07, 6.45) is 1.86. The molecule has 5 nitrogen and oxygen atoms in total. The minimum Gasteiger partial charge on any atom is -0.352 e. The van der Waals surface area contributed by atoms with Crippen molar-refractivity contribution in [2.75, 3.05) is 11.9 Å². The Bertz CT molecular complexity index is 897. The van der Waals surface area contributed by atoms with E-state index in [4.69, 9.17) is 0 Å². The molecule has 1 heterocycles. The first kappa shape index (κ1) is 21.9. The number of nitrogens with zero attached hydrogens (tertiary/aromatic N) is 2.